The molecule has 1 aliphatic rings. The van der Waals surface area contributed by atoms with Gasteiger partial charge in [0.2, 0.25) is 0 Å². The first-order valence-electron chi connectivity index (χ1n) is 7.58. The number of carbonyl (C=O) groups is 1. The number of anilines is 1. The van der Waals surface area contributed by atoms with Crippen molar-refractivity contribution < 1.29 is 9.90 Å². The van der Waals surface area contributed by atoms with Crippen molar-refractivity contribution in [3.05, 3.63) is 41.7 Å². The zero-order valence-corrected chi connectivity index (χ0v) is 13.6. The lowest BCUT2D eigenvalue weighted by atomic mass is 10.0. The molecule has 0 bridgehead atoms. The van der Waals surface area contributed by atoms with Crippen molar-refractivity contribution in [1.82, 2.24) is 14.7 Å². The van der Waals surface area contributed by atoms with Gasteiger partial charge in [-0.05, 0) is 25.5 Å². The summed E-state index contributed by atoms with van der Waals surface area (Å²) in [6, 6.07) is 7.20. The minimum absolute atomic E-state index is 0.145. The summed E-state index contributed by atoms with van der Waals surface area (Å²) in [5, 5.41) is 17.3. The third-order valence-electron chi connectivity index (χ3n) is 4.13. The van der Waals surface area contributed by atoms with E-state index in [1.54, 1.807) is 35.0 Å². The Balaban J connectivity index is 1.66. The van der Waals surface area contributed by atoms with Crippen LogP contribution in [0.25, 0.3) is 5.69 Å². The fourth-order valence-corrected chi connectivity index (χ4v) is 2.95. The first-order chi connectivity index (χ1) is 11.0. The molecule has 0 spiro atoms. The van der Waals surface area contributed by atoms with Gasteiger partial charge in [-0.2, -0.15) is 5.10 Å². The van der Waals surface area contributed by atoms with Crippen molar-refractivity contribution in [2.75, 3.05) is 18.4 Å². The van der Waals surface area contributed by atoms with Crippen molar-refractivity contribution in [3.8, 4) is 5.69 Å². The average Bonchev–Trinajstić information content (AvgIpc) is 3.16. The molecule has 1 aromatic heterocycles. The quantitative estimate of drug-likeness (QED) is 0.906. The van der Waals surface area contributed by atoms with E-state index in [1.807, 2.05) is 18.2 Å². The zero-order valence-electron chi connectivity index (χ0n) is 12.8. The predicted octanol–water partition coefficient (Wildman–Crippen LogP) is 2.76. The SMILES string of the molecule is CC(O)C1CCN(C(=O)Nc2cnn(-c3ccccc3Cl)c2)C1. The lowest BCUT2D eigenvalue weighted by Crippen LogP contribution is -2.34. The molecule has 2 heterocycles. The van der Waals surface area contributed by atoms with E-state index in [2.05, 4.69) is 10.4 Å². The fourth-order valence-electron chi connectivity index (χ4n) is 2.72. The molecular weight excluding hydrogens is 316 g/mol. The van der Waals surface area contributed by atoms with Crippen LogP contribution in [0.2, 0.25) is 5.02 Å². The van der Waals surface area contributed by atoms with E-state index < -0.39 is 6.10 Å². The number of aromatic nitrogens is 2. The topological polar surface area (TPSA) is 70.4 Å². The maximum atomic E-state index is 12.3. The summed E-state index contributed by atoms with van der Waals surface area (Å²) < 4.78 is 1.63. The number of para-hydroxylation sites is 1. The fraction of sp³-hybridized carbons (Fsp3) is 0.375. The molecule has 3 rings (SSSR count). The second kappa shape index (κ2) is 6.60. The average molecular weight is 335 g/mol. The Labute approximate surface area is 139 Å². The maximum absolute atomic E-state index is 12.3. The van der Waals surface area contributed by atoms with Crippen LogP contribution < -0.4 is 5.32 Å². The van der Waals surface area contributed by atoms with Crippen LogP contribution in [-0.2, 0) is 0 Å². The smallest absolute Gasteiger partial charge is 0.321 e. The lowest BCUT2D eigenvalue weighted by molar-refractivity contribution is 0.130. The normalized spacial score (nSPS) is 18.9. The number of aliphatic hydroxyl groups is 1. The highest BCUT2D eigenvalue weighted by Gasteiger charge is 2.29. The van der Waals surface area contributed by atoms with Gasteiger partial charge in [-0.1, -0.05) is 23.7 Å². The van der Waals surface area contributed by atoms with Gasteiger partial charge in [0.05, 0.1) is 34.9 Å². The number of hydrogen-bond acceptors (Lipinski definition) is 3. The largest absolute Gasteiger partial charge is 0.393 e. The summed E-state index contributed by atoms with van der Waals surface area (Å²) in [7, 11) is 0. The minimum atomic E-state index is -0.393. The summed E-state index contributed by atoms with van der Waals surface area (Å²) in [5.41, 5.74) is 1.36. The van der Waals surface area contributed by atoms with Crippen molar-refractivity contribution in [2.24, 2.45) is 5.92 Å². The Kier molecular flexibility index (Phi) is 4.54. The molecule has 1 fully saturated rings. The van der Waals surface area contributed by atoms with Gasteiger partial charge >= 0.3 is 6.03 Å². The van der Waals surface area contributed by atoms with Gasteiger partial charge in [0, 0.05) is 19.0 Å². The molecule has 23 heavy (non-hydrogen) atoms. The Morgan fingerprint density at radius 2 is 2.26 bits per heavy atom. The molecular formula is C16H19ClN4O2. The second-order valence-corrected chi connectivity index (χ2v) is 6.20. The van der Waals surface area contributed by atoms with E-state index in [9.17, 15) is 9.90 Å². The molecule has 2 N–H and O–H groups in total. The summed E-state index contributed by atoms with van der Waals surface area (Å²) in [5.74, 6) is 0.145. The number of nitrogens with zero attached hydrogens (tertiary/aromatic N) is 3. The van der Waals surface area contributed by atoms with Crippen LogP contribution >= 0.6 is 11.6 Å². The number of halogens is 1. The number of nitrogens with one attached hydrogen (secondary N) is 1. The number of rotatable bonds is 3. The summed E-state index contributed by atoms with van der Waals surface area (Å²) in [4.78, 5) is 14.0. The van der Waals surface area contributed by atoms with E-state index in [-0.39, 0.29) is 11.9 Å². The van der Waals surface area contributed by atoms with Gasteiger partial charge in [0.15, 0.2) is 0 Å². The Morgan fingerprint density at radius 1 is 1.48 bits per heavy atom. The van der Waals surface area contributed by atoms with E-state index in [4.69, 9.17) is 11.6 Å². The molecule has 0 saturated carbocycles. The third kappa shape index (κ3) is 3.48. The number of benzene rings is 1. The highest BCUT2D eigenvalue weighted by Crippen LogP contribution is 2.22. The van der Waals surface area contributed by atoms with Crippen LogP contribution in [0.15, 0.2) is 36.7 Å². The first-order valence-corrected chi connectivity index (χ1v) is 7.96. The molecule has 1 aromatic carbocycles. The summed E-state index contributed by atoms with van der Waals surface area (Å²) in [6.07, 6.45) is 3.74. The molecule has 2 unspecified atom stereocenters. The molecule has 122 valence electrons. The van der Waals surface area contributed by atoms with Crippen LogP contribution in [0.4, 0.5) is 10.5 Å². The van der Waals surface area contributed by atoms with Crippen LogP contribution in [-0.4, -0.2) is 45.0 Å². The Bertz CT molecular complexity index is 701. The molecule has 7 heteroatoms. The lowest BCUT2D eigenvalue weighted by Gasteiger charge is -2.17. The highest BCUT2D eigenvalue weighted by molar-refractivity contribution is 6.32. The number of urea groups is 1. The molecule has 1 saturated heterocycles. The van der Waals surface area contributed by atoms with Gasteiger partial charge < -0.3 is 15.3 Å². The van der Waals surface area contributed by atoms with E-state index >= 15 is 0 Å². The Hall–Kier alpha value is -2.05. The molecule has 6 nitrogen and oxygen atoms in total. The maximum Gasteiger partial charge on any atom is 0.321 e. The van der Waals surface area contributed by atoms with Crippen LogP contribution in [0, 0.1) is 5.92 Å². The van der Waals surface area contributed by atoms with Crippen molar-refractivity contribution in [2.45, 2.75) is 19.4 Å². The van der Waals surface area contributed by atoms with Gasteiger partial charge in [-0.15, -0.1) is 0 Å². The van der Waals surface area contributed by atoms with E-state index in [0.29, 0.717) is 23.8 Å². The van der Waals surface area contributed by atoms with Gasteiger partial charge in [-0.3, -0.25) is 0 Å². The standard InChI is InChI=1S/C16H19ClN4O2/c1-11(22)12-6-7-20(9-12)16(23)19-13-8-18-21(10-13)15-5-3-2-4-14(15)17/h2-5,8,10-12,22H,6-7,9H2,1H3,(H,19,23). The second-order valence-electron chi connectivity index (χ2n) is 5.79. The number of hydrogen-bond donors (Lipinski definition) is 2. The number of aliphatic hydroxyl groups excluding tert-OH is 1. The van der Waals surface area contributed by atoms with Crippen molar-refractivity contribution in [3.63, 3.8) is 0 Å². The van der Waals surface area contributed by atoms with Gasteiger partial charge in [-0.25, -0.2) is 9.48 Å². The molecule has 0 radical (unpaired) electrons. The van der Waals surface area contributed by atoms with Crippen LogP contribution in [0.5, 0.6) is 0 Å². The monoisotopic (exact) mass is 334 g/mol. The van der Waals surface area contributed by atoms with E-state index in [0.717, 1.165) is 12.1 Å². The summed E-state index contributed by atoms with van der Waals surface area (Å²) >= 11 is 6.14. The predicted molar refractivity (Wildman–Crippen MR) is 89.0 cm³/mol. The Morgan fingerprint density at radius 3 is 2.96 bits per heavy atom. The van der Waals surface area contributed by atoms with Crippen LogP contribution in [0.3, 0.4) is 0 Å². The molecule has 1 aliphatic heterocycles. The number of carbonyl (C=O) groups excluding carboxylic acids is 1. The highest BCUT2D eigenvalue weighted by atomic mass is 35.5. The molecule has 2 aromatic rings. The van der Waals surface area contributed by atoms with Gasteiger partial charge in [0.1, 0.15) is 0 Å². The van der Waals surface area contributed by atoms with Crippen molar-refractivity contribution >= 4 is 23.3 Å². The molecule has 2 atom stereocenters. The van der Waals surface area contributed by atoms with Gasteiger partial charge in [0.25, 0.3) is 0 Å². The zero-order chi connectivity index (χ0) is 16.4. The van der Waals surface area contributed by atoms with Crippen LogP contribution in [0.1, 0.15) is 13.3 Å². The summed E-state index contributed by atoms with van der Waals surface area (Å²) in [6.45, 7) is 2.99. The molecule has 0 aliphatic carbocycles. The number of amides is 2. The van der Waals surface area contributed by atoms with E-state index in [1.165, 1.54) is 0 Å². The first kappa shape index (κ1) is 15.8. The van der Waals surface area contributed by atoms with Crippen molar-refractivity contribution in [1.29, 1.82) is 0 Å². The third-order valence-corrected chi connectivity index (χ3v) is 4.45. The minimum Gasteiger partial charge on any atom is -0.393 e. The number of likely N-dealkylation sites (tertiary alicyclic amines) is 1. The molecule has 2 amide bonds.